The lowest BCUT2D eigenvalue weighted by molar-refractivity contribution is -0.0626. The average Bonchev–Trinajstić information content (AvgIpc) is 2.37. The highest BCUT2D eigenvalue weighted by Gasteiger charge is 2.32. The van der Waals surface area contributed by atoms with E-state index >= 15 is 0 Å². The van der Waals surface area contributed by atoms with E-state index in [2.05, 4.69) is 32.6 Å². The van der Waals surface area contributed by atoms with Crippen LogP contribution in [0.25, 0.3) is 0 Å². The van der Waals surface area contributed by atoms with Crippen molar-refractivity contribution in [1.29, 1.82) is 0 Å². The fourth-order valence-electron chi connectivity index (χ4n) is 4.23. The predicted octanol–water partition coefficient (Wildman–Crippen LogP) is 3.31. The molecule has 0 amide bonds. The predicted molar refractivity (Wildman–Crippen MR) is 87.4 cm³/mol. The van der Waals surface area contributed by atoms with Crippen LogP contribution in [0.1, 0.15) is 59.8 Å². The van der Waals surface area contributed by atoms with Gasteiger partial charge < -0.3 is 14.7 Å². The van der Waals surface area contributed by atoms with E-state index in [1.807, 2.05) is 0 Å². The summed E-state index contributed by atoms with van der Waals surface area (Å²) in [6, 6.07) is 0. The molecular formula is C18H35NO2. The van der Waals surface area contributed by atoms with Gasteiger partial charge in [-0.25, -0.2) is 0 Å². The van der Waals surface area contributed by atoms with Crippen LogP contribution in [0.3, 0.4) is 0 Å². The molecule has 2 rings (SSSR count). The Morgan fingerprint density at radius 2 is 1.81 bits per heavy atom. The molecule has 3 heteroatoms. The van der Waals surface area contributed by atoms with E-state index in [-0.39, 0.29) is 6.10 Å². The van der Waals surface area contributed by atoms with Crippen molar-refractivity contribution >= 4 is 0 Å². The molecule has 1 saturated heterocycles. The van der Waals surface area contributed by atoms with E-state index in [9.17, 15) is 5.11 Å². The summed E-state index contributed by atoms with van der Waals surface area (Å²) in [6.07, 6.45) is 6.10. The van der Waals surface area contributed by atoms with Crippen LogP contribution >= 0.6 is 0 Å². The van der Waals surface area contributed by atoms with Crippen molar-refractivity contribution in [2.75, 3.05) is 26.2 Å². The number of aliphatic hydroxyl groups is 1. The number of piperidine rings is 1. The van der Waals surface area contributed by atoms with Crippen LogP contribution in [0.4, 0.5) is 0 Å². The van der Waals surface area contributed by atoms with Gasteiger partial charge in [0.2, 0.25) is 0 Å². The SMILES string of the molecule is CC1CCN(C[C@@H](O)CO[C@H]2C[C@H](C)CC(C)(C)C2)CC1. The number of rotatable bonds is 5. The number of β-amino-alcohol motifs (C(OH)–C–C–N with tert-alkyl or cyclic N) is 1. The number of nitrogens with zero attached hydrogens (tertiary/aromatic N) is 1. The molecule has 1 N–H and O–H groups in total. The summed E-state index contributed by atoms with van der Waals surface area (Å²) in [7, 11) is 0. The van der Waals surface area contributed by atoms with Crippen LogP contribution in [0.5, 0.6) is 0 Å². The van der Waals surface area contributed by atoms with E-state index in [1.165, 1.54) is 19.3 Å². The van der Waals surface area contributed by atoms with Crippen molar-refractivity contribution in [3.63, 3.8) is 0 Å². The van der Waals surface area contributed by atoms with E-state index in [4.69, 9.17) is 4.74 Å². The third-order valence-electron chi connectivity index (χ3n) is 5.22. The lowest BCUT2D eigenvalue weighted by Crippen LogP contribution is -2.41. The van der Waals surface area contributed by atoms with Crippen LogP contribution in [-0.4, -0.2) is 48.5 Å². The van der Waals surface area contributed by atoms with E-state index in [0.717, 1.165) is 44.3 Å². The molecule has 1 saturated carbocycles. The van der Waals surface area contributed by atoms with Crippen LogP contribution in [0.2, 0.25) is 0 Å². The van der Waals surface area contributed by atoms with Crippen molar-refractivity contribution in [3.8, 4) is 0 Å². The van der Waals surface area contributed by atoms with Gasteiger partial charge in [0.25, 0.3) is 0 Å². The zero-order valence-electron chi connectivity index (χ0n) is 14.5. The summed E-state index contributed by atoms with van der Waals surface area (Å²) in [4.78, 5) is 2.39. The lowest BCUT2D eigenvalue weighted by Gasteiger charge is -2.39. The highest BCUT2D eigenvalue weighted by atomic mass is 16.5. The van der Waals surface area contributed by atoms with Crippen LogP contribution in [0, 0.1) is 17.3 Å². The molecule has 3 atom stereocenters. The van der Waals surface area contributed by atoms with Gasteiger partial charge >= 0.3 is 0 Å². The standard InChI is InChI=1S/C18H35NO2/c1-14-5-7-19(8-6-14)12-16(20)13-21-17-9-15(2)10-18(3,4)11-17/h14-17,20H,5-13H2,1-4H3/t15-,16+,17-/m0/s1. The second-order valence-electron chi connectivity index (χ2n) is 8.51. The molecule has 0 unspecified atom stereocenters. The van der Waals surface area contributed by atoms with Crippen molar-refractivity contribution in [2.45, 2.75) is 72.0 Å². The summed E-state index contributed by atoms with van der Waals surface area (Å²) in [5.41, 5.74) is 0.385. The summed E-state index contributed by atoms with van der Waals surface area (Å²) in [5.74, 6) is 1.58. The summed E-state index contributed by atoms with van der Waals surface area (Å²) < 4.78 is 6.04. The lowest BCUT2D eigenvalue weighted by atomic mass is 9.71. The summed E-state index contributed by atoms with van der Waals surface area (Å²) >= 11 is 0. The number of aliphatic hydroxyl groups excluding tert-OH is 1. The van der Waals surface area contributed by atoms with Crippen LogP contribution in [-0.2, 0) is 4.74 Å². The fourth-order valence-corrected chi connectivity index (χ4v) is 4.23. The normalized spacial score (nSPS) is 33.0. The molecule has 21 heavy (non-hydrogen) atoms. The molecule has 3 nitrogen and oxygen atoms in total. The highest BCUT2D eigenvalue weighted by molar-refractivity contribution is 4.83. The maximum atomic E-state index is 10.2. The molecule has 1 heterocycles. The van der Waals surface area contributed by atoms with Gasteiger partial charge in [-0.05, 0) is 62.4 Å². The molecular weight excluding hydrogens is 262 g/mol. The Morgan fingerprint density at radius 1 is 1.14 bits per heavy atom. The van der Waals surface area contributed by atoms with Gasteiger partial charge in [0, 0.05) is 6.54 Å². The number of likely N-dealkylation sites (tertiary alicyclic amines) is 1. The Kier molecular flexibility index (Phi) is 6.10. The molecule has 0 aromatic rings. The Bertz CT molecular complexity index is 310. The first-order valence-electron chi connectivity index (χ1n) is 8.86. The zero-order valence-corrected chi connectivity index (χ0v) is 14.5. The Morgan fingerprint density at radius 3 is 2.43 bits per heavy atom. The quantitative estimate of drug-likeness (QED) is 0.845. The van der Waals surface area contributed by atoms with Crippen LogP contribution < -0.4 is 0 Å². The van der Waals surface area contributed by atoms with Crippen molar-refractivity contribution in [1.82, 2.24) is 4.90 Å². The first-order chi connectivity index (χ1) is 9.84. The highest BCUT2D eigenvalue weighted by Crippen LogP contribution is 2.39. The monoisotopic (exact) mass is 297 g/mol. The van der Waals surface area contributed by atoms with Gasteiger partial charge in [-0.15, -0.1) is 0 Å². The Hall–Kier alpha value is -0.120. The first kappa shape index (κ1) is 17.2. The largest absolute Gasteiger partial charge is 0.389 e. The second kappa shape index (κ2) is 7.43. The smallest absolute Gasteiger partial charge is 0.0900 e. The summed E-state index contributed by atoms with van der Waals surface area (Å²) in [6.45, 7) is 12.9. The van der Waals surface area contributed by atoms with Gasteiger partial charge in [0.05, 0.1) is 18.8 Å². The molecule has 2 fully saturated rings. The van der Waals surface area contributed by atoms with E-state index in [0.29, 0.717) is 18.1 Å². The minimum Gasteiger partial charge on any atom is -0.389 e. The van der Waals surface area contributed by atoms with Gasteiger partial charge in [-0.3, -0.25) is 0 Å². The molecule has 0 spiro atoms. The third-order valence-corrected chi connectivity index (χ3v) is 5.22. The van der Waals surface area contributed by atoms with Gasteiger partial charge in [-0.2, -0.15) is 0 Å². The Balaban J connectivity index is 1.67. The minimum atomic E-state index is -0.334. The topological polar surface area (TPSA) is 32.7 Å². The second-order valence-corrected chi connectivity index (χ2v) is 8.51. The molecule has 0 aromatic carbocycles. The molecule has 0 aromatic heterocycles. The van der Waals surface area contributed by atoms with Gasteiger partial charge in [0.1, 0.15) is 0 Å². The van der Waals surface area contributed by atoms with Crippen LogP contribution in [0.15, 0.2) is 0 Å². The summed E-state index contributed by atoms with van der Waals surface area (Å²) in [5, 5.41) is 10.2. The van der Waals surface area contributed by atoms with Gasteiger partial charge in [0.15, 0.2) is 0 Å². The number of ether oxygens (including phenoxy) is 1. The Labute approximate surface area is 131 Å². The average molecular weight is 297 g/mol. The minimum absolute atomic E-state index is 0.333. The molecule has 1 aliphatic heterocycles. The molecule has 0 bridgehead atoms. The van der Waals surface area contributed by atoms with Crippen molar-refractivity contribution < 1.29 is 9.84 Å². The maximum absolute atomic E-state index is 10.2. The van der Waals surface area contributed by atoms with Crippen molar-refractivity contribution in [3.05, 3.63) is 0 Å². The van der Waals surface area contributed by atoms with Crippen molar-refractivity contribution in [2.24, 2.45) is 17.3 Å². The fraction of sp³-hybridized carbons (Fsp3) is 1.00. The number of hydrogen-bond donors (Lipinski definition) is 1. The first-order valence-corrected chi connectivity index (χ1v) is 8.86. The third kappa shape index (κ3) is 5.88. The molecule has 124 valence electrons. The zero-order chi connectivity index (χ0) is 15.5. The number of hydrogen-bond acceptors (Lipinski definition) is 3. The maximum Gasteiger partial charge on any atom is 0.0900 e. The van der Waals surface area contributed by atoms with E-state index in [1.54, 1.807) is 0 Å². The molecule has 1 aliphatic carbocycles. The van der Waals surface area contributed by atoms with E-state index < -0.39 is 0 Å². The van der Waals surface area contributed by atoms with Gasteiger partial charge in [-0.1, -0.05) is 27.7 Å². The molecule has 2 aliphatic rings. The molecule has 0 radical (unpaired) electrons.